The van der Waals surface area contributed by atoms with Gasteiger partial charge in [0.05, 0.1) is 19.2 Å². The van der Waals surface area contributed by atoms with E-state index in [1.165, 1.54) is 49.4 Å². The molecule has 0 spiro atoms. The molecule has 0 aliphatic heterocycles. The van der Waals surface area contributed by atoms with Crippen molar-refractivity contribution in [3.63, 3.8) is 0 Å². The second-order valence-electron chi connectivity index (χ2n) is 12.2. The first kappa shape index (κ1) is 33.4. The van der Waals surface area contributed by atoms with E-state index >= 15 is 0 Å². The number of methoxy groups -OCH3 is 1. The lowest BCUT2D eigenvalue weighted by Crippen LogP contribution is -2.38. The van der Waals surface area contributed by atoms with Crippen LogP contribution in [0, 0.1) is 0 Å². The van der Waals surface area contributed by atoms with Gasteiger partial charge < -0.3 is 19.3 Å². The lowest BCUT2D eigenvalue weighted by atomic mass is 9.87. The van der Waals surface area contributed by atoms with Crippen LogP contribution in [-0.2, 0) is 34.6 Å². The number of aliphatic carboxylic acids is 1. The molecule has 10 nitrogen and oxygen atoms in total. The fraction of sp³-hybridized carbons (Fsp3) is 0.515. The zero-order chi connectivity index (χ0) is 31.8. The minimum Gasteiger partial charge on any atom is -0.493 e. The monoisotopic (exact) mass is 595 g/mol. The van der Waals surface area contributed by atoms with Crippen LogP contribution in [0.15, 0.2) is 47.3 Å². The van der Waals surface area contributed by atoms with Crippen LogP contribution in [0.25, 0.3) is 0 Å². The summed E-state index contributed by atoms with van der Waals surface area (Å²) in [6.07, 6.45) is 5.17. The third-order valence-electron chi connectivity index (χ3n) is 7.25. The average Bonchev–Trinajstić information content (AvgIpc) is 3.24. The molecular formula is C33H45N3O7. The third kappa shape index (κ3) is 8.95. The molecule has 43 heavy (non-hydrogen) atoms. The van der Waals surface area contributed by atoms with Crippen molar-refractivity contribution >= 4 is 11.9 Å². The van der Waals surface area contributed by atoms with Gasteiger partial charge in [-0.3, -0.25) is 4.57 Å². The summed E-state index contributed by atoms with van der Waals surface area (Å²) >= 11 is 0. The number of ether oxygens (including phenoxy) is 3. The first-order chi connectivity index (χ1) is 20.3. The van der Waals surface area contributed by atoms with Gasteiger partial charge in [0, 0.05) is 6.54 Å². The maximum Gasteiger partial charge on any atom is 0.347 e. The summed E-state index contributed by atoms with van der Waals surface area (Å²) in [5.74, 6) is -1.05. The first-order valence-corrected chi connectivity index (χ1v) is 14.8. The molecule has 0 radical (unpaired) electrons. The van der Waals surface area contributed by atoms with Gasteiger partial charge in [-0.25, -0.2) is 19.1 Å². The van der Waals surface area contributed by atoms with Gasteiger partial charge in [0.15, 0.2) is 29.5 Å². The van der Waals surface area contributed by atoms with Gasteiger partial charge in [0.25, 0.3) is 0 Å². The number of aromatic nitrogens is 3. The van der Waals surface area contributed by atoms with Crippen LogP contribution in [0.3, 0.4) is 0 Å². The number of carboxylic acids is 1. The predicted molar refractivity (Wildman–Crippen MR) is 164 cm³/mol. The van der Waals surface area contributed by atoms with Crippen molar-refractivity contribution in [3.8, 4) is 11.5 Å². The molecule has 0 atom stereocenters. The highest BCUT2D eigenvalue weighted by Gasteiger charge is 2.31. The fourth-order valence-corrected chi connectivity index (χ4v) is 4.49. The zero-order valence-corrected chi connectivity index (χ0v) is 26.4. The maximum absolute atomic E-state index is 13.4. The highest BCUT2D eigenvalue weighted by atomic mass is 16.5. The van der Waals surface area contributed by atoms with E-state index in [1.54, 1.807) is 4.57 Å². The second-order valence-corrected chi connectivity index (χ2v) is 12.2. The van der Waals surface area contributed by atoms with Crippen LogP contribution < -0.4 is 15.2 Å². The van der Waals surface area contributed by atoms with Crippen LogP contribution in [0.5, 0.6) is 11.5 Å². The number of carbonyl (C=O) groups is 2. The van der Waals surface area contributed by atoms with Crippen molar-refractivity contribution in [2.45, 2.75) is 104 Å². The number of unbranched alkanes of at least 4 members (excludes halogenated alkanes) is 4. The molecule has 0 unspecified atom stereocenters. The summed E-state index contributed by atoms with van der Waals surface area (Å²) in [4.78, 5) is 37.8. The minimum atomic E-state index is -1.50. The Balaban J connectivity index is 1.79. The van der Waals surface area contributed by atoms with Crippen LogP contribution in [-0.4, -0.2) is 44.1 Å². The van der Waals surface area contributed by atoms with Crippen LogP contribution in [0.4, 0.5) is 0 Å². The lowest BCUT2D eigenvalue weighted by molar-refractivity contribution is -0.152. The van der Waals surface area contributed by atoms with Gasteiger partial charge in [-0.1, -0.05) is 77.6 Å². The number of benzene rings is 2. The Bertz CT molecular complexity index is 1450. The van der Waals surface area contributed by atoms with Crippen LogP contribution >= 0.6 is 0 Å². The number of rotatable bonds is 15. The van der Waals surface area contributed by atoms with E-state index in [1.807, 2.05) is 12.1 Å². The molecule has 1 heterocycles. The Labute approximate surface area is 253 Å². The topological polar surface area (TPSA) is 122 Å². The zero-order valence-electron chi connectivity index (χ0n) is 26.4. The van der Waals surface area contributed by atoms with E-state index in [4.69, 9.17) is 14.2 Å². The SMILES string of the molecule is CCCCCCCn1c(COC(=O)c2ccc(OC(C)(C)C(=O)O)c(OC)c2)nn(Cc2ccc(C(C)(C)C)cc2)c1=O. The van der Waals surface area contributed by atoms with Crippen molar-refractivity contribution in [1.82, 2.24) is 14.3 Å². The number of carboxylic acid groups (broad SMARTS) is 1. The Hall–Kier alpha value is -4.08. The standard InChI is InChI=1S/C33H45N3O7/c1-8-9-10-11-12-19-35-28(34-36(31(35)40)21-23-13-16-25(17-14-23)32(2,3)4)22-42-29(37)24-15-18-26(27(20-24)41-7)43-33(5,6)30(38)39/h13-18,20H,8-12,19,21-22H2,1-7H3,(H,38,39). The average molecular weight is 596 g/mol. The Morgan fingerprint density at radius 3 is 2.21 bits per heavy atom. The maximum atomic E-state index is 13.4. The van der Waals surface area contributed by atoms with Crippen molar-refractivity contribution in [2.24, 2.45) is 0 Å². The molecule has 2 aromatic carbocycles. The summed E-state index contributed by atoms with van der Waals surface area (Å²) in [7, 11) is 1.40. The van der Waals surface area contributed by atoms with E-state index in [2.05, 4.69) is 44.9 Å². The molecule has 0 saturated heterocycles. The van der Waals surface area contributed by atoms with Crippen LogP contribution in [0.2, 0.25) is 0 Å². The number of hydrogen-bond acceptors (Lipinski definition) is 7. The molecule has 1 N–H and O–H groups in total. The van der Waals surface area contributed by atoms with Gasteiger partial charge in [-0.2, -0.15) is 5.10 Å². The Morgan fingerprint density at radius 2 is 1.60 bits per heavy atom. The van der Waals surface area contributed by atoms with Gasteiger partial charge in [0.1, 0.15) is 0 Å². The molecule has 10 heteroatoms. The van der Waals surface area contributed by atoms with E-state index in [0.717, 1.165) is 37.7 Å². The molecule has 0 aliphatic carbocycles. The summed E-state index contributed by atoms with van der Waals surface area (Å²) in [6, 6.07) is 12.5. The molecule has 0 aliphatic rings. The molecule has 3 rings (SSSR count). The van der Waals surface area contributed by atoms with Crippen LogP contribution in [0.1, 0.15) is 101 Å². The fourth-order valence-electron chi connectivity index (χ4n) is 4.49. The predicted octanol–water partition coefficient (Wildman–Crippen LogP) is 5.97. The highest BCUT2D eigenvalue weighted by molar-refractivity contribution is 5.90. The lowest BCUT2D eigenvalue weighted by Gasteiger charge is -2.23. The van der Waals surface area contributed by atoms with Gasteiger partial charge in [0.2, 0.25) is 0 Å². The van der Waals surface area contributed by atoms with E-state index < -0.39 is 17.5 Å². The summed E-state index contributed by atoms with van der Waals surface area (Å²) in [5.41, 5.74) is 0.624. The number of carbonyl (C=O) groups excluding carboxylic acids is 1. The van der Waals surface area contributed by atoms with Gasteiger partial charge in [-0.05, 0) is 55.0 Å². The van der Waals surface area contributed by atoms with E-state index in [-0.39, 0.29) is 34.8 Å². The minimum absolute atomic E-state index is 0.0260. The Morgan fingerprint density at radius 1 is 0.930 bits per heavy atom. The first-order valence-electron chi connectivity index (χ1n) is 14.8. The van der Waals surface area contributed by atoms with Crippen molar-refractivity contribution in [1.29, 1.82) is 0 Å². The summed E-state index contributed by atoms with van der Waals surface area (Å²) in [6.45, 7) is 12.0. The molecule has 3 aromatic rings. The molecule has 0 amide bonds. The molecule has 0 bridgehead atoms. The number of esters is 1. The quantitative estimate of drug-likeness (QED) is 0.169. The molecule has 0 fully saturated rings. The Kier molecular flexibility index (Phi) is 11.2. The highest BCUT2D eigenvalue weighted by Crippen LogP contribution is 2.31. The van der Waals surface area contributed by atoms with E-state index in [9.17, 15) is 19.5 Å². The smallest absolute Gasteiger partial charge is 0.347 e. The normalized spacial score (nSPS) is 11.8. The molecule has 234 valence electrons. The molecular weight excluding hydrogens is 550 g/mol. The van der Waals surface area contributed by atoms with E-state index in [0.29, 0.717) is 18.9 Å². The van der Waals surface area contributed by atoms with Crippen molar-refractivity contribution in [3.05, 3.63) is 75.5 Å². The van der Waals surface area contributed by atoms with Gasteiger partial charge >= 0.3 is 17.6 Å². The largest absolute Gasteiger partial charge is 0.493 e. The van der Waals surface area contributed by atoms with Crippen molar-refractivity contribution < 1.29 is 28.9 Å². The summed E-state index contributed by atoms with van der Waals surface area (Å²) < 4.78 is 19.5. The van der Waals surface area contributed by atoms with Crippen molar-refractivity contribution in [2.75, 3.05) is 7.11 Å². The molecule has 0 saturated carbocycles. The second kappa shape index (κ2) is 14.4. The number of nitrogens with zero attached hydrogens (tertiary/aromatic N) is 3. The summed E-state index contributed by atoms with van der Waals surface area (Å²) in [5, 5.41) is 13.9. The van der Waals surface area contributed by atoms with Gasteiger partial charge in [-0.15, -0.1) is 0 Å². The number of hydrogen-bond donors (Lipinski definition) is 1. The molecule has 1 aromatic heterocycles. The third-order valence-corrected chi connectivity index (χ3v) is 7.25.